The van der Waals surface area contributed by atoms with Crippen molar-refractivity contribution < 1.29 is 14.3 Å². The van der Waals surface area contributed by atoms with Crippen LogP contribution in [0.3, 0.4) is 0 Å². The zero-order valence-corrected chi connectivity index (χ0v) is 12.8. The summed E-state index contributed by atoms with van der Waals surface area (Å²) in [5.74, 6) is -0.312. The molecular weight excluding hydrogens is 332 g/mol. The lowest BCUT2D eigenvalue weighted by Gasteiger charge is -2.09. The van der Waals surface area contributed by atoms with Crippen LogP contribution in [0.5, 0.6) is 5.75 Å². The smallest absolute Gasteiger partial charge is 0.335 e. The summed E-state index contributed by atoms with van der Waals surface area (Å²) in [7, 11) is 0. The monoisotopic (exact) mass is 344 g/mol. The lowest BCUT2D eigenvalue weighted by atomic mass is 10.0. The molecule has 21 heavy (non-hydrogen) atoms. The Hall–Kier alpha value is -2.20. The summed E-state index contributed by atoms with van der Waals surface area (Å²) >= 11 is 3.32. The molecule has 4 heteroatoms. The minimum absolute atomic E-state index is 0.118. The van der Waals surface area contributed by atoms with Crippen molar-refractivity contribution in [3.63, 3.8) is 0 Å². The number of rotatable bonds is 5. The van der Waals surface area contributed by atoms with Crippen LogP contribution in [-0.2, 0) is 10.1 Å². The molecule has 0 aliphatic rings. The minimum atomic E-state index is -0.554. The molecule has 106 valence electrons. The molecule has 0 unspecified atom stereocenters. The van der Waals surface area contributed by atoms with Gasteiger partial charge in [0.2, 0.25) is 0 Å². The van der Waals surface area contributed by atoms with Crippen LogP contribution < -0.4 is 4.74 Å². The number of ether oxygens (including phenoxy) is 1. The number of benzene rings is 2. The molecule has 0 amide bonds. The zero-order chi connectivity index (χ0) is 15.2. The molecule has 0 heterocycles. The molecule has 0 N–H and O–H groups in total. The number of carbonyl (C=O) groups excluding carboxylic acids is 2. The first kappa shape index (κ1) is 15.2. The Morgan fingerprint density at radius 3 is 2.43 bits per heavy atom. The van der Waals surface area contributed by atoms with Gasteiger partial charge in [0, 0.05) is 28.1 Å². The quantitative estimate of drug-likeness (QED) is 0.271. The molecule has 2 aromatic rings. The van der Waals surface area contributed by atoms with E-state index in [1.165, 1.54) is 0 Å². The molecule has 0 aliphatic heterocycles. The van der Waals surface area contributed by atoms with Crippen LogP contribution in [0.15, 0.2) is 61.2 Å². The molecular formula is C17H13BrO3. The van der Waals surface area contributed by atoms with Gasteiger partial charge in [-0.05, 0) is 6.07 Å². The third-order valence-electron chi connectivity index (χ3n) is 2.89. The van der Waals surface area contributed by atoms with Crippen molar-refractivity contribution in [2.45, 2.75) is 5.33 Å². The maximum absolute atomic E-state index is 12.4. The van der Waals surface area contributed by atoms with Crippen molar-refractivity contribution >= 4 is 27.7 Å². The first-order chi connectivity index (χ1) is 10.2. The van der Waals surface area contributed by atoms with E-state index in [9.17, 15) is 9.59 Å². The molecule has 0 atom stereocenters. The summed E-state index contributed by atoms with van der Waals surface area (Å²) in [5.41, 5.74) is 1.85. The average molecular weight is 345 g/mol. The molecule has 0 fully saturated rings. The molecule has 0 saturated carbocycles. The van der Waals surface area contributed by atoms with E-state index >= 15 is 0 Å². The van der Waals surface area contributed by atoms with Crippen molar-refractivity contribution in [1.29, 1.82) is 0 Å². The molecule has 0 aromatic heterocycles. The van der Waals surface area contributed by atoms with Crippen LogP contribution in [0.25, 0.3) is 0 Å². The SMILES string of the molecule is C=CC(=O)Oc1cc(C(=O)c2ccccc2)ccc1CBr. The van der Waals surface area contributed by atoms with Gasteiger partial charge in [-0.25, -0.2) is 4.79 Å². The highest BCUT2D eigenvalue weighted by Gasteiger charge is 2.13. The van der Waals surface area contributed by atoms with Crippen molar-refractivity contribution in [3.8, 4) is 5.75 Å². The predicted molar refractivity (Wildman–Crippen MR) is 84.8 cm³/mol. The molecule has 0 radical (unpaired) electrons. The first-order valence-corrected chi connectivity index (χ1v) is 7.40. The van der Waals surface area contributed by atoms with Gasteiger partial charge in [-0.15, -0.1) is 0 Å². The van der Waals surface area contributed by atoms with E-state index in [4.69, 9.17) is 4.74 Å². The Kier molecular flexibility index (Phi) is 5.06. The molecule has 3 nitrogen and oxygen atoms in total. The Labute approximate surface area is 131 Å². The Bertz CT molecular complexity index is 678. The molecule has 2 aromatic carbocycles. The lowest BCUT2D eigenvalue weighted by molar-refractivity contribution is -0.129. The second-order valence-corrected chi connectivity index (χ2v) is 4.84. The fourth-order valence-electron chi connectivity index (χ4n) is 1.81. The summed E-state index contributed by atoms with van der Waals surface area (Å²) < 4.78 is 5.17. The van der Waals surface area contributed by atoms with Crippen LogP contribution in [0.4, 0.5) is 0 Å². The zero-order valence-electron chi connectivity index (χ0n) is 11.2. The highest BCUT2D eigenvalue weighted by atomic mass is 79.9. The van der Waals surface area contributed by atoms with Gasteiger partial charge in [-0.1, -0.05) is 65.0 Å². The van der Waals surface area contributed by atoms with Crippen molar-refractivity contribution in [2.75, 3.05) is 0 Å². The number of hydrogen-bond acceptors (Lipinski definition) is 3. The maximum atomic E-state index is 12.4. The van der Waals surface area contributed by atoms with Crippen LogP contribution >= 0.6 is 15.9 Å². The molecule has 0 saturated heterocycles. The van der Waals surface area contributed by atoms with E-state index in [0.717, 1.165) is 11.6 Å². The van der Waals surface area contributed by atoms with Gasteiger partial charge in [0.05, 0.1) is 0 Å². The molecule has 0 spiro atoms. The van der Waals surface area contributed by atoms with Gasteiger partial charge >= 0.3 is 5.97 Å². The van der Waals surface area contributed by atoms with Crippen LogP contribution in [-0.4, -0.2) is 11.8 Å². The number of hydrogen-bond donors (Lipinski definition) is 0. The fraction of sp³-hybridized carbons (Fsp3) is 0.0588. The highest BCUT2D eigenvalue weighted by Crippen LogP contribution is 2.24. The summed E-state index contributed by atoms with van der Waals surface area (Å²) in [6.07, 6.45) is 1.09. The first-order valence-electron chi connectivity index (χ1n) is 6.28. The summed E-state index contributed by atoms with van der Waals surface area (Å²) in [4.78, 5) is 23.7. The van der Waals surface area contributed by atoms with E-state index < -0.39 is 5.97 Å². The largest absolute Gasteiger partial charge is 0.423 e. The topological polar surface area (TPSA) is 43.4 Å². The Morgan fingerprint density at radius 1 is 1.10 bits per heavy atom. The molecule has 0 bridgehead atoms. The lowest BCUT2D eigenvalue weighted by Crippen LogP contribution is -2.07. The van der Waals surface area contributed by atoms with Gasteiger partial charge < -0.3 is 4.74 Å². The van der Waals surface area contributed by atoms with Gasteiger partial charge in [-0.3, -0.25) is 4.79 Å². The van der Waals surface area contributed by atoms with Gasteiger partial charge in [0.15, 0.2) is 5.78 Å². The number of carbonyl (C=O) groups is 2. The van der Waals surface area contributed by atoms with Crippen molar-refractivity contribution in [1.82, 2.24) is 0 Å². The second kappa shape index (κ2) is 6.99. The maximum Gasteiger partial charge on any atom is 0.335 e. The number of alkyl halides is 1. The van der Waals surface area contributed by atoms with Gasteiger partial charge in [0.1, 0.15) is 5.75 Å². The Balaban J connectivity index is 2.37. The third-order valence-corrected chi connectivity index (χ3v) is 3.49. The normalized spacial score (nSPS) is 9.95. The van der Waals surface area contributed by atoms with Crippen LogP contribution in [0, 0.1) is 0 Å². The standard InChI is InChI=1S/C17H13BrO3/c1-2-16(19)21-15-10-13(8-9-14(15)11-18)17(20)12-6-4-3-5-7-12/h2-10H,1,11H2. The van der Waals surface area contributed by atoms with E-state index in [0.29, 0.717) is 22.2 Å². The van der Waals surface area contributed by atoms with Crippen LogP contribution in [0.1, 0.15) is 21.5 Å². The summed E-state index contributed by atoms with van der Waals surface area (Å²) in [6.45, 7) is 3.36. The van der Waals surface area contributed by atoms with Crippen LogP contribution in [0.2, 0.25) is 0 Å². The Morgan fingerprint density at radius 2 is 1.81 bits per heavy atom. The van der Waals surface area contributed by atoms with E-state index in [-0.39, 0.29) is 5.78 Å². The van der Waals surface area contributed by atoms with Crippen molar-refractivity contribution in [2.24, 2.45) is 0 Å². The highest BCUT2D eigenvalue weighted by molar-refractivity contribution is 9.08. The molecule has 2 rings (SSSR count). The third kappa shape index (κ3) is 3.67. The van der Waals surface area contributed by atoms with Gasteiger partial charge in [-0.2, -0.15) is 0 Å². The fourth-order valence-corrected chi connectivity index (χ4v) is 2.27. The van der Waals surface area contributed by atoms with Gasteiger partial charge in [0.25, 0.3) is 0 Å². The van der Waals surface area contributed by atoms with E-state index in [1.807, 2.05) is 6.07 Å². The molecule has 0 aliphatic carbocycles. The number of halogens is 1. The van der Waals surface area contributed by atoms with E-state index in [2.05, 4.69) is 22.5 Å². The van der Waals surface area contributed by atoms with E-state index in [1.54, 1.807) is 42.5 Å². The number of ketones is 1. The second-order valence-electron chi connectivity index (χ2n) is 4.28. The van der Waals surface area contributed by atoms with Crippen molar-refractivity contribution in [3.05, 3.63) is 77.9 Å². The summed E-state index contributed by atoms with van der Waals surface area (Å²) in [6, 6.07) is 14.0. The minimum Gasteiger partial charge on any atom is -0.423 e. The number of esters is 1. The average Bonchev–Trinajstić information content (AvgIpc) is 2.54. The summed E-state index contributed by atoms with van der Waals surface area (Å²) in [5, 5.41) is 0.520. The predicted octanol–water partition coefficient (Wildman–Crippen LogP) is 3.90.